The zero-order chi connectivity index (χ0) is 22.9. The van der Waals surface area contributed by atoms with Gasteiger partial charge in [0.05, 0.1) is 10.6 Å². The van der Waals surface area contributed by atoms with Gasteiger partial charge in [0.25, 0.3) is 10.0 Å². The Bertz CT molecular complexity index is 1370. The zero-order valence-corrected chi connectivity index (χ0v) is 19.2. The molecule has 2 heterocycles. The second-order valence-corrected chi connectivity index (χ2v) is 9.42. The molecule has 8 nitrogen and oxygen atoms in total. The molecule has 4 aromatic rings. The summed E-state index contributed by atoms with van der Waals surface area (Å²) in [7, 11) is -3.74. The van der Waals surface area contributed by atoms with Crippen LogP contribution >= 0.6 is 11.6 Å². The Hall–Kier alpha value is -3.43. The summed E-state index contributed by atoms with van der Waals surface area (Å²) >= 11 is 6.06. The summed E-state index contributed by atoms with van der Waals surface area (Å²) in [4.78, 5) is 0.105. The van der Waals surface area contributed by atoms with E-state index in [2.05, 4.69) is 25.3 Å². The van der Waals surface area contributed by atoms with Crippen molar-refractivity contribution in [3.8, 4) is 5.82 Å². The Kier molecular flexibility index (Phi) is 5.86. The predicted molar refractivity (Wildman–Crippen MR) is 125 cm³/mol. The molecule has 0 spiro atoms. The lowest BCUT2D eigenvalue weighted by molar-refractivity contribution is 0.601. The molecule has 10 heteroatoms. The summed E-state index contributed by atoms with van der Waals surface area (Å²) in [6.45, 7) is 5.69. The van der Waals surface area contributed by atoms with Gasteiger partial charge in [-0.1, -0.05) is 17.7 Å². The normalized spacial score (nSPS) is 11.4. The summed E-state index contributed by atoms with van der Waals surface area (Å²) in [5.41, 5.74) is 3.86. The van der Waals surface area contributed by atoms with Crippen molar-refractivity contribution in [3.63, 3.8) is 0 Å². The first kappa shape index (κ1) is 21.8. The summed E-state index contributed by atoms with van der Waals surface area (Å²) in [6, 6.07) is 17.0. The Morgan fingerprint density at radius 1 is 0.875 bits per heavy atom. The van der Waals surface area contributed by atoms with Crippen molar-refractivity contribution >= 4 is 38.8 Å². The van der Waals surface area contributed by atoms with Crippen molar-refractivity contribution in [2.24, 2.45) is 0 Å². The molecule has 0 saturated carbocycles. The highest BCUT2D eigenvalue weighted by Crippen LogP contribution is 2.24. The number of benzene rings is 2. The molecule has 2 aromatic heterocycles. The molecule has 164 valence electrons. The first-order valence-corrected chi connectivity index (χ1v) is 11.6. The third-order valence-electron chi connectivity index (χ3n) is 4.74. The maximum Gasteiger partial charge on any atom is 0.261 e. The van der Waals surface area contributed by atoms with Gasteiger partial charge in [0, 0.05) is 22.1 Å². The Morgan fingerprint density at radius 2 is 1.59 bits per heavy atom. The van der Waals surface area contributed by atoms with Crippen LogP contribution in [0.1, 0.15) is 17.0 Å². The summed E-state index contributed by atoms with van der Waals surface area (Å²) in [5, 5.41) is 16.3. The maximum absolute atomic E-state index is 12.6. The number of nitrogens with zero attached hydrogens (tertiary/aromatic N) is 4. The SMILES string of the molecule is Cc1cc(C)n(-c2ccc(Nc3ccc(NS(=O)(=O)c4ccc(C)c(Cl)c4)cc3)nn2)n1. The molecule has 0 aliphatic heterocycles. The summed E-state index contributed by atoms with van der Waals surface area (Å²) in [6.07, 6.45) is 0. The van der Waals surface area contributed by atoms with Gasteiger partial charge in [0.2, 0.25) is 0 Å². The molecule has 0 aliphatic carbocycles. The smallest absolute Gasteiger partial charge is 0.261 e. The molecule has 32 heavy (non-hydrogen) atoms. The average Bonchev–Trinajstić information content (AvgIpc) is 3.09. The largest absolute Gasteiger partial charge is 0.339 e. The van der Waals surface area contributed by atoms with Crippen molar-refractivity contribution in [1.29, 1.82) is 0 Å². The molecule has 0 fully saturated rings. The number of rotatable bonds is 6. The first-order chi connectivity index (χ1) is 15.2. The minimum absolute atomic E-state index is 0.105. The van der Waals surface area contributed by atoms with Gasteiger partial charge in [0.1, 0.15) is 0 Å². The number of hydrogen-bond acceptors (Lipinski definition) is 6. The number of anilines is 3. The van der Waals surface area contributed by atoms with Crippen LogP contribution in [-0.4, -0.2) is 28.4 Å². The number of hydrogen-bond donors (Lipinski definition) is 2. The molecule has 0 bridgehead atoms. The monoisotopic (exact) mass is 468 g/mol. The topological polar surface area (TPSA) is 102 Å². The number of halogens is 1. The molecule has 0 amide bonds. The van der Waals surface area contributed by atoms with Gasteiger partial charge in [-0.2, -0.15) is 5.10 Å². The standard InChI is InChI=1S/C22H21ClN6O2S/c1-14-4-9-19(13-20(14)23)32(30,31)28-18-7-5-17(6-8-18)24-21-10-11-22(26-25-21)29-16(3)12-15(2)27-29/h4-13,28H,1-3H3,(H,24,25). The first-order valence-electron chi connectivity index (χ1n) is 9.75. The lowest BCUT2D eigenvalue weighted by atomic mass is 10.2. The van der Waals surface area contributed by atoms with E-state index in [1.165, 1.54) is 12.1 Å². The van der Waals surface area contributed by atoms with E-state index in [0.29, 0.717) is 22.3 Å². The van der Waals surface area contributed by atoms with Crippen LogP contribution in [-0.2, 0) is 10.0 Å². The number of aryl methyl sites for hydroxylation is 3. The molecule has 0 saturated heterocycles. The van der Waals surface area contributed by atoms with Crippen LogP contribution in [0.3, 0.4) is 0 Å². The Morgan fingerprint density at radius 3 is 2.19 bits per heavy atom. The zero-order valence-electron chi connectivity index (χ0n) is 17.7. The van der Waals surface area contributed by atoms with E-state index in [-0.39, 0.29) is 4.90 Å². The molecule has 0 radical (unpaired) electrons. The average molecular weight is 469 g/mol. The van der Waals surface area contributed by atoms with E-state index in [1.807, 2.05) is 32.9 Å². The number of nitrogens with one attached hydrogen (secondary N) is 2. The van der Waals surface area contributed by atoms with Gasteiger partial charge < -0.3 is 5.32 Å². The van der Waals surface area contributed by atoms with E-state index < -0.39 is 10.0 Å². The highest BCUT2D eigenvalue weighted by molar-refractivity contribution is 7.92. The van der Waals surface area contributed by atoms with Gasteiger partial charge >= 0.3 is 0 Å². The molecule has 0 unspecified atom stereocenters. The fourth-order valence-electron chi connectivity index (χ4n) is 3.09. The fraction of sp³-hybridized carbons (Fsp3) is 0.136. The third kappa shape index (κ3) is 4.74. The van der Waals surface area contributed by atoms with Crippen LogP contribution in [0.5, 0.6) is 0 Å². The minimum atomic E-state index is -3.74. The minimum Gasteiger partial charge on any atom is -0.339 e. The van der Waals surface area contributed by atoms with Gasteiger partial charge in [-0.25, -0.2) is 13.1 Å². The van der Waals surface area contributed by atoms with Gasteiger partial charge in [-0.3, -0.25) is 4.72 Å². The van der Waals surface area contributed by atoms with Crippen molar-refractivity contribution in [2.45, 2.75) is 25.7 Å². The molecule has 2 N–H and O–H groups in total. The number of sulfonamides is 1. The molecular weight excluding hydrogens is 448 g/mol. The lowest BCUT2D eigenvalue weighted by Crippen LogP contribution is -2.13. The van der Waals surface area contributed by atoms with Crippen molar-refractivity contribution < 1.29 is 8.42 Å². The van der Waals surface area contributed by atoms with Crippen LogP contribution in [0.4, 0.5) is 17.2 Å². The molecule has 0 atom stereocenters. The van der Waals surface area contributed by atoms with Crippen molar-refractivity contribution in [1.82, 2.24) is 20.0 Å². The van der Waals surface area contributed by atoms with Crippen molar-refractivity contribution in [3.05, 3.63) is 82.6 Å². The summed E-state index contributed by atoms with van der Waals surface area (Å²) in [5.74, 6) is 1.18. The van der Waals surface area contributed by atoms with Crippen LogP contribution < -0.4 is 10.0 Å². The van der Waals surface area contributed by atoms with E-state index in [0.717, 1.165) is 22.6 Å². The van der Waals surface area contributed by atoms with Gasteiger partial charge in [-0.05, 0) is 80.9 Å². The number of aromatic nitrogens is 4. The predicted octanol–water partition coefficient (Wildman–Crippen LogP) is 4.79. The molecule has 0 aliphatic rings. The molecule has 2 aromatic carbocycles. The van der Waals surface area contributed by atoms with Crippen LogP contribution in [0.2, 0.25) is 5.02 Å². The van der Waals surface area contributed by atoms with E-state index in [4.69, 9.17) is 11.6 Å². The second kappa shape index (κ2) is 8.60. The van der Waals surface area contributed by atoms with Gasteiger partial charge in [-0.15, -0.1) is 10.2 Å². The van der Waals surface area contributed by atoms with E-state index >= 15 is 0 Å². The van der Waals surface area contributed by atoms with E-state index in [9.17, 15) is 8.42 Å². The van der Waals surface area contributed by atoms with E-state index in [1.54, 1.807) is 41.1 Å². The van der Waals surface area contributed by atoms with Crippen LogP contribution in [0.15, 0.2) is 65.6 Å². The Balaban J connectivity index is 1.44. The highest BCUT2D eigenvalue weighted by atomic mass is 35.5. The molecular formula is C22H21ClN6O2S. The third-order valence-corrected chi connectivity index (χ3v) is 6.53. The molecule has 4 rings (SSSR count). The highest BCUT2D eigenvalue weighted by Gasteiger charge is 2.15. The second-order valence-electron chi connectivity index (χ2n) is 7.33. The lowest BCUT2D eigenvalue weighted by Gasteiger charge is -2.11. The van der Waals surface area contributed by atoms with Gasteiger partial charge in [0.15, 0.2) is 11.6 Å². The van der Waals surface area contributed by atoms with Crippen LogP contribution in [0.25, 0.3) is 5.82 Å². The quantitative estimate of drug-likeness (QED) is 0.422. The maximum atomic E-state index is 12.6. The summed E-state index contributed by atoms with van der Waals surface area (Å²) < 4.78 is 29.5. The Labute approximate surface area is 191 Å². The fourth-order valence-corrected chi connectivity index (χ4v) is 4.42. The van der Waals surface area contributed by atoms with Crippen LogP contribution in [0, 0.1) is 20.8 Å². The van der Waals surface area contributed by atoms with Crippen molar-refractivity contribution in [2.75, 3.05) is 10.0 Å².